The molecule has 1 saturated heterocycles. The van der Waals surface area contributed by atoms with Gasteiger partial charge in [-0.25, -0.2) is 4.68 Å². The van der Waals surface area contributed by atoms with Crippen molar-refractivity contribution in [3.8, 4) is 5.69 Å². The van der Waals surface area contributed by atoms with Crippen LogP contribution in [0.2, 0.25) is 0 Å². The number of hydrogen-bond acceptors (Lipinski definition) is 5. The van der Waals surface area contributed by atoms with E-state index < -0.39 is 6.29 Å². The predicted octanol–water partition coefficient (Wildman–Crippen LogP) is 4.70. The van der Waals surface area contributed by atoms with Gasteiger partial charge < -0.3 is 19.5 Å². The highest BCUT2D eigenvalue weighted by Gasteiger charge is 2.34. The van der Waals surface area contributed by atoms with Crippen LogP contribution in [0.4, 0.5) is 0 Å². The Bertz CT molecular complexity index is 1380. The van der Waals surface area contributed by atoms with Crippen LogP contribution in [0.25, 0.3) is 5.69 Å². The molecule has 2 aliphatic rings. The lowest BCUT2D eigenvalue weighted by Gasteiger charge is -2.32. The van der Waals surface area contributed by atoms with Crippen molar-refractivity contribution in [1.82, 2.24) is 14.3 Å². The number of allylic oxidation sites excluding steroid dienone is 1. The number of aliphatic hydroxyl groups excluding tert-OH is 1. The van der Waals surface area contributed by atoms with E-state index in [2.05, 4.69) is 0 Å². The maximum absolute atomic E-state index is 13.8. The van der Waals surface area contributed by atoms with Gasteiger partial charge in [0.05, 0.1) is 18.9 Å². The molecular weight excluding hydrogens is 506 g/mol. The summed E-state index contributed by atoms with van der Waals surface area (Å²) in [7, 11) is 1.88. The van der Waals surface area contributed by atoms with E-state index in [0.717, 1.165) is 48.2 Å². The quantitative estimate of drug-likeness (QED) is 0.465. The van der Waals surface area contributed by atoms with Gasteiger partial charge in [-0.2, -0.15) is 0 Å². The number of aliphatic hydroxyl groups is 1. The fourth-order valence-electron chi connectivity index (χ4n) is 5.66. The van der Waals surface area contributed by atoms with Gasteiger partial charge in [-0.05, 0) is 49.1 Å². The van der Waals surface area contributed by atoms with E-state index in [1.54, 1.807) is 4.68 Å². The van der Waals surface area contributed by atoms with Crippen LogP contribution in [0.15, 0.2) is 71.2 Å². The van der Waals surface area contributed by atoms with Crippen LogP contribution in [0.5, 0.6) is 0 Å². The second-order valence-electron chi connectivity index (χ2n) is 10.7. The van der Waals surface area contributed by atoms with Gasteiger partial charge in [-0.1, -0.05) is 61.7 Å². The van der Waals surface area contributed by atoms with Crippen LogP contribution in [-0.2, 0) is 34.5 Å². The Morgan fingerprint density at radius 1 is 0.975 bits per heavy atom. The molecule has 40 heavy (non-hydrogen) atoms. The van der Waals surface area contributed by atoms with Crippen molar-refractivity contribution < 1.29 is 19.4 Å². The van der Waals surface area contributed by atoms with E-state index in [1.807, 2.05) is 84.2 Å². The number of carbonyl (C=O) groups is 1. The lowest BCUT2D eigenvalue weighted by molar-refractivity contribution is -0.156. The fraction of sp³-hybridized carbons (Fsp3) is 0.438. The third kappa shape index (κ3) is 6.08. The molecule has 1 N–H and O–H groups in total. The Balaban J connectivity index is 1.45. The van der Waals surface area contributed by atoms with Crippen LogP contribution >= 0.6 is 0 Å². The van der Waals surface area contributed by atoms with E-state index >= 15 is 0 Å². The minimum absolute atomic E-state index is 0.0156. The lowest BCUT2D eigenvalue weighted by atomic mass is 9.93. The Labute approximate surface area is 235 Å². The molecule has 3 aromatic rings. The zero-order valence-electron chi connectivity index (χ0n) is 23.4. The molecule has 0 radical (unpaired) electrons. The molecule has 0 aliphatic carbocycles. The molecule has 212 valence electrons. The minimum Gasteiger partial charge on any atom is -0.459 e. The Morgan fingerprint density at radius 3 is 2.30 bits per heavy atom. The number of aromatic nitrogens is 2. The highest BCUT2D eigenvalue weighted by Crippen LogP contribution is 2.33. The zero-order chi connectivity index (χ0) is 28.1. The first-order chi connectivity index (χ1) is 19.5. The second-order valence-corrected chi connectivity index (χ2v) is 10.7. The molecule has 2 atom stereocenters. The van der Waals surface area contributed by atoms with Crippen molar-refractivity contribution in [3.05, 3.63) is 99.2 Å². The highest BCUT2D eigenvalue weighted by molar-refractivity contribution is 5.91. The van der Waals surface area contributed by atoms with Crippen LogP contribution in [-0.4, -0.2) is 44.7 Å². The van der Waals surface area contributed by atoms with Crippen molar-refractivity contribution >= 4 is 5.91 Å². The average molecular weight is 546 g/mol. The number of hydrogen-bond donors (Lipinski definition) is 1. The molecule has 8 nitrogen and oxygen atoms in total. The van der Waals surface area contributed by atoms with E-state index in [0.29, 0.717) is 25.1 Å². The molecule has 1 fully saturated rings. The molecule has 8 heteroatoms. The third-order valence-corrected chi connectivity index (χ3v) is 8.02. The molecule has 0 spiro atoms. The molecule has 5 rings (SSSR count). The number of para-hydroxylation sites is 1. The van der Waals surface area contributed by atoms with E-state index in [4.69, 9.17) is 9.47 Å². The third-order valence-electron chi connectivity index (χ3n) is 8.02. The fourth-order valence-corrected chi connectivity index (χ4v) is 5.66. The van der Waals surface area contributed by atoms with Crippen LogP contribution in [0.3, 0.4) is 0 Å². The SMILES string of the molecule is Cc1c([C@H]2C=C(C(=O)N3CCCCCCC3)O[C@@H](OCc3ccc(CO)cc3)C2)c(=O)n(-c2ccccc2)n1C. The normalized spacial score (nSPS) is 19.9. The topological polar surface area (TPSA) is 85.9 Å². The van der Waals surface area contributed by atoms with Crippen LogP contribution in [0, 0.1) is 6.92 Å². The Kier molecular flexibility index (Phi) is 8.87. The first kappa shape index (κ1) is 27.9. The number of rotatable bonds is 7. The van der Waals surface area contributed by atoms with Crippen molar-refractivity contribution in [3.63, 3.8) is 0 Å². The highest BCUT2D eigenvalue weighted by atomic mass is 16.7. The van der Waals surface area contributed by atoms with E-state index in [9.17, 15) is 14.7 Å². The molecule has 2 aliphatic heterocycles. The van der Waals surface area contributed by atoms with Crippen LogP contribution < -0.4 is 5.56 Å². The summed E-state index contributed by atoms with van der Waals surface area (Å²) in [6.45, 7) is 3.63. The standard InChI is InChI=1S/C32H39N3O5/c1-23-30(32(38)35(33(23)2)27-11-7-6-8-12-27)26-19-28(31(37)34-17-9-4-3-5-10-18-34)40-29(20-26)39-22-25-15-13-24(21-36)14-16-25/h6-8,11-16,19,26,29,36H,3-5,9-10,17-18,20-22H2,1-2H3/t26-,29+/m0/s1. The van der Waals surface area contributed by atoms with Crippen molar-refractivity contribution in [1.29, 1.82) is 0 Å². The van der Waals surface area contributed by atoms with E-state index in [1.165, 1.54) is 6.42 Å². The lowest BCUT2D eigenvalue weighted by Crippen LogP contribution is -2.38. The summed E-state index contributed by atoms with van der Waals surface area (Å²) in [6.07, 6.45) is 6.96. The largest absolute Gasteiger partial charge is 0.459 e. The smallest absolute Gasteiger partial charge is 0.288 e. The van der Waals surface area contributed by atoms with Crippen molar-refractivity contribution in [2.45, 2.75) is 70.9 Å². The summed E-state index contributed by atoms with van der Waals surface area (Å²) in [5.41, 5.74) is 3.94. The molecular formula is C32H39N3O5. The summed E-state index contributed by atoms with van der Waals surface area (Å²) >= 11 is 0. The maximum Gasteiger partial charge on any atom is 0.288 e. The van der Waals surface area contributed by atoms with Crippen LogP contribution in [0.1, 0.15) is 66.8 Å². The average Bonchev–Trinajstić information content (AvgIpc) is 3.19. The van der Waals surface area contributed by atoms with Gasteiger partial charge in [0, 0.05) is 43.7 Å². The van der Waals surface area contributed by atoms with Crippen molar-refractivity contribution in [2.24, 2.45) is 7.05 Å². The molecule has 0 saturated carbocycles. The molecule has 1 aromatic heterocycles. The summed E-state index contributed by atoms with van der Waals surface area (Å²) in [4.78, 5) is 29.4. The Morgan fingerprint density at radius 2 is 1.62 bits per heavy atom. The monoisotopic (exact) mass is 545 g/mol. The summed E-state index contributed by atoms with van der Waals surface area (Å²) in [6, 6.07) is 17.1. The molecule has 0 unspecified atom stereocenters. The molecule has 1 amide bonds. The summed E-state index contributed by atoms with van der Waals surface area (Å²) < 4.78 is 15.9. The Hall–Kier alpha value is -3.62. The van der Waals surface area contributed by atoms with Gasteiger partial charge >= 0.3 is 0 Å². The van der Waals surface area contributed by atoms with Gasteiger partial charge in [-0.3, -0.25) is 14.3 Å². The van der Waals surface area contributed by atoms with Crippen molar-refractivity contribution in [2.75, 3.05) is 13.1 Å². The maximum atomic E-state index is 13.8. The predicted molar refractivity (Wildman–Crippen MR) is 153 cm³/mol. The number of carbonyl (C=O) groups excluding carboxylic acids is 1. The van der Waals surface area contributed by atoms with Gasteiger partial charge in [0.25, 0.3) is 11.5 Å². The minimum atomic E-state index is -0.689. The number of ether oxygens (including phenoxy) is 2. The van der Waals surface area contributed by atoms with Gasteiger partial charge in [0.2, 0.25) is 6.29 Å². The molecule has 2 aromatic carbocycles. The molecule has 0 bridgehead atoms. The zero-order valence-corrected chi connectivity index (χ0v) is 23.4. The van der Waals surface area contributed by atoms with Gasteiger partial charge in [0.1, 0.15) is 0 Å². The second kappa shape index (κ2) is 12.7. The van der Waals surface area contributed by atoms with E-state index in [-0.39, 0.29) is 36.4 Å². The number of amides is 1. The number of likely N-dealkylation sites (tertiary alicyclic amines) is 1. The molecule has 3 heterocycles. The number of benzene rings is 2. The summed E-state index contributed by atoms with van der Waals surface area (Å²) in [5, 5.41) is 9.34. The first-order valence-corrected chi connectivity index (χ1v) is 14.3. The van der Waals surface area contributed by atoms with Gasteiger partial charge in [-0.15, -0.1) is 0 Å². The first-order valence-electron chi connectivity index (χ1n) is 14.3. The number of nitrogens with zero attached hydrogens (tertiary/aromatic N) is 3. The summed E-state index contributed by atoms with van der Waals surface area (Å²) in [5.74, 6) is -0.219. The van der Waals surface area contributed by atoms with Gasteiger partial charge in [0.15, 0.2) is 5.76 Å².